The molecule has 0 amide bonds. The lowest BCUT2D eigenvalue weighted by atomic mass is 10.1. The van der Waals surface area contributed by atoms with Crippen molar-refractivity contribution in [2.24, 2.45) is 0 Å². The lowest BCUT2D eigenvalue weighted by molar-refractivity contribution is -0.114. The van der Waals surface area contributed by atoms with Crippen molar-refractivity contribution >= 4 is 22.9 Å². The second-order valence-corrected chi connectivity index (χ2v) is 14.5. The number of carbonyl (C=O) groups excluding carboxylic acids is 2. The first kappa shape index (κ1) is 45.6. The summed E-state index contributed by atoms with van der Waals surface area (Å²) in [6, 6.07) is 13.2. The van der Waals surface area contributed by atoms with Crippen molar-refractivity contribution in [3.8, 4) is 11.5 Å². The molecule has 2 aromatic rings. The largest absolute Gasteiger partial charge is 0.494 e. The third-order valence-corrected chi connectivity index (χ3v) is 9.67. The van der Waals surface area contributed by atoms with Gasteiger partial charge in [0.1, 0.15) is 11.5 Å². The van der Waals surface area contributed by atoms with Gasteiger partial charge in [-0.1, -0.05) is 149 Å². The molecule has 0 saturated carbocycles. The number of carbonyl (C=O) groups is 2. The molecule has 0 aliphatic heterocycles. The average molecular weight is 731 g/mol. The van der Waals surface area contributed by atoms with Gasteiger partial charge in [0.15, 0.2) is 11.6 Å². The molecule has 0 spiro atoms. The number of unbranched alkanes of at least 4 members (excludes halogenated alkanes) is 20. The first-order valence-electron chi connectivity index (χ1n) is 21.5. The van der Waals surface area contributed by atoms with Crippen LogP contribution in [-0.2, 0) is 4.79 Å². The van der Waals surface area contributed by atoms with Gasteiger partial charge in [0.05, 0.1) is 24.6 Å². The zero-order chi connectivity index (χ0) is 38.0. The molecular formula is C47H74N2O4. The quantitative estimate of drug-likeness (QED) is 0.0418. The maximum atomic E-state index is 12.9. The molecular weight excluding hydrogens is 657 g/mol. The zero-order valence-corrected chi connectivity index (χ0v) is 33.9. The highest BCUT2D eigenvalue weighted by molar-refractivity contribution is 6.04. The molecule has 0 radical (unpaired) electrons. The van der Waals surface area contributed by atoms with Crippen LogP contribution in [0.25, 0.3) is 0 Å². The van der Waals surface area contributed by atoms with Gasteiger partial charge < -0.3 is 20.1 Å². The molecule has 6 heteroatoms. The Morgan fingerprint density at radius 2 is 0.925 bits per heavy atom. The van der Waals surface area contributed by atoms with Gasteiger partial charge >= 0.3 is 0 Å². The Balaban J connectivity index is 1.84. The van der Waals surface area contributed by atoms with Crippen LogP contribution in [0.15, 0.2) is 67.0 Å². The van der Waals surface area contributed by atoms with Gasteiger partial charge in [0.2, 0.25) is 0 Å². The van der Waals surface area contributed by atoms with E-state index in [4.69, 9.17) is 9.47 Å². The van der Waals surface area contributed by atoms with Crippen LogP contribution < -0.4 is 20.1 Å². The summed E-state index contributed by atoms with van der Waals surface area (Å²) in [5, 5.41) is 6.53. The molecule has 0 aliphatic rings. The van der Waals surface area contributed by atoms with Crippen molar-refractivity contribution in [1.82, 2.24) is 0 Å². The summed E-state index contributed by atoms with van der Waals surface area (Å²) in [5.74, 6) is 1.59. The van der Waals surface area contributed by atoms with E-state index < -0.39 is 0 Å². The summed E-state index contributed by atoms with van der Waals surface area (Å²) in [7, 11) is 0. The van der Waals surface area contributed by atoms with Crippen molar-refractivity contribution in [3.05, 3.63) is 72.6 Å². The van der Waals surface area contributed by atoms with E-state index in [-0.39, 0.29) is 11.6 Å². The van der Waals surface area contributed by atoms with Gasteiger partial charge in [-0.25, -0.2) is 0 Å². The highest BCUT2D eigenvalue weighted by Crippen LogP contribution is 2.28. The van der Waals surface area contributed by atoms with Gasteiger partial charge in [-0.05, 0) is 61.7 Å². The molecule has 0 aromatic heterocycles. The first-order valence-corrected chi connectivity index (χ1v) is 21.5. The molecule has 0 heterocycles. The van der Waals surface area contributed by atoms with E-state index >= 15 is 0 Å². The smallest absolute Gasteiger partial charge is 0.187 e. The molecule has 2 rings (SSSR count). The number of nitrogens with one attached hydrogen (secondary N) is 2. The molecule has 2 N–H and O–H groups in total. The molecule has 2 aromatic carbocycles. The Kier molecular flexibility index (Phi) is 27.5. The normalized spacial score (nSPS) is 11.4. The third kappa shape index (κ3) is 23.7. The standard InChI is InChI=1S/C47H74N2O4/c1-4-7-10-13-16-17-18-20-23-25-38-52-43-30-28-41(29-31-43)47(51)35-37-48-45-33-32-44(53-39-26-22-15-12-9-6-3)40-46(45)49-36-34-42(50)27-24-21-19-14-11-8-5-2/h28-37,40,48-49H,4-27,38-39H2,1-3H3/b36-34+,37-35+. The van der Waals surface area contributed by atoms with E-state index in [9.17, 15) is 9.59 Å². The van der Waals surface area contributed by atoms with E-state index in [0.717, 1.165) is 48.6 Å². The summed E-state index contributed by atoms with van der Waals surface area (Å²) < 4.78 is 12.0. The Labute approximate surface area is 324 Å². The van der Waals surface area contributed by atoms with E-state index in [0.29, 0.717) is 25.2 Å². The fraction of sp³-hybridized carbons (Fsp3) is 0.617. The van der Waals surface area contributed by atoms with Crippen molar-refractivity contribution in [2.75, 3.05) is 23.8 Å². The summed E-state index contributed by atoms with van der Waals surface area (Å²) in [4.78, 5) is 25.5. The minimum Gasteiger partial charge on any atom is -0.494 e. The van der Waals surface area contributed by atoms with Gasteiger partial charge in [-0.3, -0.25) is 9.59 Å². The van der Waals surface area contributed by atoms with Crippen LogP contribution in [-0.4, -0.2) is 24.8 Å². The molecule has 53 heavy (non-hydrogen) atoms. The number of allylic oxidation sites excluding steroid dienone is 2. The summed E-state index contributed by atoms with van der Waals surface area (Å²) in [6.07, 6.45) is 35.7. The minimum absolute atomic E-state index is 0.0944. The summed E-state index contributed by atoms with van der Waals surface area (Å²) in [5.41, 5.74) is 2.15. The van der Waals surface area contributed by atoms with E-state index in [1.54, 1.807) is 18.5 Å². The third-order valence-electron chi connectivity index (χ3n) is 9.67. The Bertz CT molecular complexity index is 1270. The average Bonchev–Trinajstić information content (AvgIpc) is 3.17. The van der Waals surface area contributed by atoms with E-state index in [1.165, 1.54) is 128 Å². The van der Waals surface area contributed by atoms with Crippen molar-refractivity contribution in [3.63, 3.8) is 0 Å². The van der Waals surface area contributed by atoms with Crippen LogP contribution in [0.5, 0.6) is 11.5 Å². The van der Waals surface area contributed by atoms with Crippen molar-refractivity contribution in [1.29, 1.82) is 0 Å². The van der Waals surface area contributed by atoms with Gasteiger partial charge in [0, 0.05) is 36.5 Å². The molecule has 0 bridgehead atoms. The predicted molar refractivity (Wildman–Crippen MR) is 227 cm³/mol. The fourth-order valence-corrected chi connectivity index (χ4v) is 6.29. The summed E-state index contributed by atoms with van der Waals surface area (Å²) >= 11 is 0. The number of rotatable bonds is 35. The molecule has 0 atom stereocenters. The Hall–Kier alpha value is -3.54. The van der Waals surface area contributed by atoms with Crippen LogP contribution in [0.1, 0.15) is 185 Å². The van der Waals surface area contributed by atoms with Crippen LogP contribution >= 0.6 is 0 Å². The summed E-state index contributed by atoms with van der Waals surface area (Å²) in [6.45, 7) is 8.10. The maximum absolute atomic E-state index is 12.9. The van der Waals surface area contributed by atoms with Gasteiger partial charge in [-0.15, -0.1) is 0 Å². The van der Waals surface area contributed by atoms with Crippen LogP contribution in [0.2, 0.25) is 0 Å². The van der Waals surface area contributed by atoms with Gasteiger partial charge in [0.25, 0.3) is 0 Å². The monoisotopic (exact) mass is 731 g/mol. The van der Waals surface area contributed by atoms with Crippen LogP contribution in [0, 0.1) is 0 Å². The molecule has 0 aliphatic carbocycles. The van der Waals surface area contributed by atoms with Crippen LogP contribution in [0.4, 0.5) is 11.4 Å². The molecule has 6 nitrogen and oxygen atoms in total. The number of hydrogen-bond acceptors (Lipinski definition) is 6. The lowest BCUT2D eigenvalue weighted by Gasteiger charge is -2.13. The van der Waals surface area contributed by atoms with Crippen molar-refractivity contribution < 1.29 is 19.1 Å². The minimum atomic E-state index is -0.0944. The maximum Gasteiger partial charge on any atom is 0.187 e. The highest BCUT2D eigenvalue weighted by Gasteiger charge is 2.06. The van der Waals surface area contributed by atoms with Crippen LogP contribution in [0.3, 0.4) is 0 Å². The number of ether oxygens (including phenoxy) is 2. The SMILES string of the molecule is CCCCCCCCCCCCOc1ccc(C(=O)/C=C/Nc2ccc(OCCCCCCCC)cc2N/C=C/C(=O)CCCCCCCCC)cc1. The fourth-order valence-electron chi connectivity index (χ4n) is 6.29. The predicted octanol–water partition coefficient (Wildman–Crippen LogP) is 14.2. The molecule has 0 unspecified atom stereocenters. The number of hydrogen-bond donors (Lipinski definition) is 2. The molecule has 296 valence electrons. The lowest BCUT2D eigenvalue weighted by Crippen LogP contribution is -2.02. The Morgan fingerprint density at radius 3 is 1.47 bits per heavy atom. The van der Waals surface area contributed by atoms with Crippen molar-refractivity contribution in [2.45, 2.75) is 175 Å². The topological polar surface area (TPSA) is 76.7 Å². The zero-order valence-electron chi connectivity index (χ0n) is 33.9. The number of anilines is 2. The Morgan fingerprint density at radius 1 is 0.491 bits per heavy atom. The molecule has 0 fully saturated rings. The second-order valence-electron chi connectivity index (χ2n) is 14.5. The second kappa shape index (κ2) is 31.9. The number of benzene rings is 2. The highest BCUT2D eigenvalue weighted by atomic mass is 16.5. The first-order chi connectivity index (χ1) is 26.1. The van der Waals surface area contributed by atoms with E-state index in [1.807, 2.05) is 42.5 Å². The molecule has 0 saturated heterocycles. The number of ketones is 2. The van der Waals surface area contributed by atoms with E-state index in [2.05, 4.69) is 31.4 Å². The van der Waals surface area contributed by atoms with Gasteiger partial charge in [-0.2, -0.15) is 0 Å².